The molecule has 0 aliphatic carbocycles. The zero-order chi connectivity index (χ0) is 21.6. The van der Waals surface area contributed by atoms with Gasteiger partial charge in [0.2, 0.25) is 5.91 Å². The van der Waals surface area contributed by atoms with Crippen molar-refractivity contribution in [3.05, 3.63) is 34.9 Å². The third kappa shape index (κ3) is 9.43. The highest BCUT2D eigenvalue weighted by atomic mass is 35.5. The highest BCUT2D eigenvalue weighted by molar-refractivity contribution is 8.14. The van der Waals surface area contributed by atoms with Crippen LogP contribution in [0.3, 0.4) is 0 Å². The number of thioether (sulfide) groups is 1. The van der Waals surface area contributed by atoms with Crippen molar-refractivity contribution in [3.63, 3.8) is 0 Å². The summed E-state index contributed by atoms with van der Waals surface area (Å²) in [6, 6.07) is 7.54. The van der Waals surface area contributed by atoms with Gasteiger partial charge in [-0.2, -0.15) is 0 Å². The van der Waals surface area contributed by atoms with Gasteiger partial charge in [0.25, 0.3) is 5.24 Å². The van der Waals surface area contributed by atoms with Crippen LogP contribution in [0.1, 0.15) is 108 Å². The Kier molecular flexibility index (Phi) is 12.6. The number of carbonyl (C=O) groups is 2. The van der Waals surface area contributed by atoms with Crippen LogP contribution in [0.5, 0.6) is 0 Å². The topological polar surface area (TPSA) is 37.4 Å². The Morgan fingerprint density at radius 3 is 1.93 bits per heavy atom. The molecule has 0 N–H and O–H groups in total. The first-order valence-electron chi connectivity index (χ1n) is 11.9. The van der Waals surface area contributed by atoms with Crippen molar-refractivity contribution < 1.29 is 9.59 Å². The first-order chi connectivity index (χ1) is 14.6. The standard InChI is InChI=1S/C25H38ClNO2S/c1-2-3-4-5-6-7-8-9-10-11-12-13-14-15-24(28)27-20-23(30-25(27)29)21-16-18-22(26)19-17-21/h16-19,23H,2-15,20H2,1H3. The molecule has 1 aliphatic heterocycles. The molecule has 1 fully saturated rings. The molecule has 1 heterocycles. The number of rotatable bonds is 15. The molecule has 1 aliphatic rings. The lowest BCUT2D eigenvalue weighted by Gasteiger charge is -2.14. The normalized spacial score (nSPS) is 16.4. The third-order valence-electron chi connectivity index (χ3n) is 5.85. The fourth-order valence-electron chi connectivity index (χ4n) is 3.95. The number of halogens is 1. The molecular weight excluding hydrogens is 414 g/mol. The molecular formula is C25H38ClNO2S. The Labute approximate surface area is 192 Å². The number of imide groups is 1. The van der Waals surface area contributed by atoms with E-state index in [1.54, 1.807) is 0 Å². The second kappa shape index (κ2) is 14.9. The molecule has 0 saturated carbocycles. The summed E-state index contributed by atoms with van der Waals surface area (Å²) < 4.78 is 0. The van der Waals surface area contributed by atoms with E-state index in [-0.39, 0.29) is 16.4 Å². The SMILES string of the molecule is CCCCCCCCCCCCCCCC(=O)N1CC(c2ccc(Cl)cc2)SC1=O. The predicted octanol–water partition coefficient (Wildman–Crippen LogP) is 8.56. The number of benzene rings is 1. The van der Waals surface area contributed by atoms with Crippen molar-refractivity contribution in [1.29, 1.82) is 0 Å². The molecule has 0 spiro atoms. The zero-order valence-electron chi connectivity index (χ0n) is 18.5. The summed E-state index contributed by atoms with van der Waals surface area (Å²) in [6.07, 6.45) is 17.2. The van der Waals surface area contributed by atoms with E-state index in [0.29, 0.717) is 18.0 Å². The summed E-state index contributed by atoms with van der Waals surface area (Å²) in [5, 5.41) is 0.587. The number of hydrogen-bond acceptors (Lipinski definition) is 3. The van der Waals surface area contributed by atoms with Gasteiger partial charge < -0.3 is 0 Å². The second-order valence-corrected chi connectivity index (χ2v) is 10.0. The summed E-state index contributed by atoms with van der Waals surface area (Å²) in [7, 11) is 0. The second-order valence-electron chi connectivity index (χ2n) is 8.42. The van der Waals surface area contributed by atoms with Gasteiger partial charge in [-0.1, -0.05) is 119 Å². The van der Waals surface area contributed by atoms with Crippen LogP contribution in [0, 0.1) is 0 Å². The van der Waals surface area contributed by atoms with E-state index >= 15 is 0 Å². The van der Waals surface area contributed by atoms with Gasteiger partial charge in [-0.15, -0.1) is 0 Å². The van der Waals surface area contributed by atoms with Crippen LogP contribution in [0.25, 0.3) is 0 Å². The molecule has 3 nitrogen and oxygen atoms in total. The van der Waals surface area contributed by atoms with E-state index in [9.17, 15) is 9.59 Å². The van der Waals surface area contributed by atoms with Crippen molar-refractivity contribution in [2.75, 3.05) is 6.54 Å². The van der Waals surface area contributed by atoms with Crippen molar-refractivity contribution in [2.45, 2.75) is 102 Å². The summed E-state index contributed by atoms with van der Waals surface area (Å²) in [5.41, 5.74) is 1.05. The number of unbranched alkanes of at least 4 members (excludes halogenated alkanes) is 12. The van der Waals surface area contributed by atoms with Crippen molar-refractivity contribution in [1.82, 2.24) is 4.90 Å². The molecule has 2 rings (SSSR count). The average molecular weight is 452 g/mol. The van der Waals surface area contributed by atoms with E-state index in [1.165, 1.54) is 87.3 Å². The molecule has 1 saturated heterocycles. The van der Waals surface area contributed by atoms with Gasteiger partial charge in [-0.3, -0.25) is 14.5 Å². The van der Waals surface area contributed by atoms with Gasteiger partial charge >= 0.3 is 0 Å². The first kappa shape index (κ1) is 25.3. The third-order valence-corrected chi connectivity index (χ3v) is 7.23. The lowest BCUT2D eigenvalue weighted by Crippen LogP contribution is -2.30. The minimum Gasteiger partial charge on any atom is -0.274 e. The number of carbonyl (C=O) groups excluding carboxylic acids is 2. The van der Waals surface area contributed by atoms with Gasteiger partial charge in [0.15, 0.2) is 0 Å². The Morgan fingerprint density at radius 2 is 1.40 bits per heavy atom. The molecule has 30 heavy (non-hydrogen) atoms. The number of amides is 2. The summed E-state index contributed by atoms with van der Waals surface area (Å²) >= 11 is 7.18. The largest absolute Gasteiger partial charge is 0.288 e. The maximum Gasteiger partial charge on any atom is 0.288 e. The van der Waals surface area contributed by atoms with E-state index in [4.69, 9.17) is 11.6 Å². The van der Waals surface area contributed by atoms with Crippen LogP contribution >= 0.6 is 23.4 Å². The molecule has 1 aromatic carbocycles. The first-order valence-corrected chi connectivity index (χ1v) is 13.1. The van der Waals surface area contributed by atoms with E-state index < -0.39 is 0 Å². The maximum absolute atomic E-state index is 12.5. The quantitative estimate of drug-likeness (QED) is 0.250. The zero-order valence-corrected chi connectivity index (χ0v) is 20.1. The molecule has 1 aromatic rings. The van der Waals surface area contributed by atoms with Crippen LogP contribution in [0.4, 0.5) is 4.79 Å². The lowest BCUT2D eigenvalue weighted by atomic mass is 10.0. The average Bonchev–Trinajstić information content (AvgIpc) is 3.13. The van der Waals surface area contributed by atoms with Gasteiger partial charge in [-0.25, -0.2) is 0 Å². The van der Waals surface area contributed by atoms with Crippen LogP contribution in [0.15, 0.2) is 24.3 Å². The molecule has 0 aromatic heterocycles. The van der Waals surface area contributed by atoms with Gasteiger partial charge in [0, 0.05) is 18.0 Å². The lowest BCUT2D eigenvalue weighted by molar-refractivity contribution is -0.127. The monoisotopic (exact) mass is 451 g/mol. The van der Waals surface area contributed by atoms with Crippen molar-refractivity contribution >= 4 is 34.5 Å². The van der Waals surface area contributed by atoms with Crippen LogP contribution < -0.4 is 0 Å². The number of hydrogen-bond donors (Lipinski definition) is 0. The van der Waals surface area contributed by atoms with Gasteiger partial charge in [-0.05, 0) is 24.1 Å². The number of nitrogens with zero attached hydrogens (tertiary/aromatic N) is 1. The molecule has 2 amide bonds. The molecule has 0 bridgehead atoms. The van der Waals surface area contributed by atoms with Crippen LogP contribution in [-0.2, 0) is 4.79 Å². The highest BCUT2D eigenvalue weighted by Crippen LogP contribution is 2.38. The molecule has 1 atom stereocenters. The summed E-state index contributed by atoms with van der Waals surface area (Å²) in [5.74, 6) is -0.0213. The highest BCUT2D eigenvalue weighted by Gasteiger charge is 2.35. The van der Waals surface area contributed by atoms with Crippen molar-refractivity contribution in [3.8, 4) is 0 Å². The smallest absolute Gasteiger partial charge is 0.274 e. The maximum atomic E-state index is 12.5. The fourth-order valence-corrected chi connectivity index (χ4v) is 5.14. The van der Waals surface area contributed by atoms with Gasteiger partial charge in [0.05, 0.1) is 5.25 Å². The minimum absolute atomic E-state index is 0.0189. The van der Waals surface area contributed by atoms with Gasteiger partial charge in [0.1, 0.15) is 0 Å². The Morgan fingerprint density at radius 1 is 0.900 bits per heavy atom. The van der Waals surface area contributed by atoms with E-state index in [2.05, 4.69) is 6.92 Å². The van der Waals surface area contributed by atoms with Crippen molar-refractivity contribution in [2.24, 2.45) is 0 Å². The predicted molar refractivity (Wildman–Crippen MR) is 129 cm³/mol. The fraction of sp³-hybridized carbons (Fsp3) is 0.680. The molecule has 5 heteroatoms. The van der Waals surface area contributed by atoms with E-state index in [0.717, 1.165) is 18.4 Å². The summed E-state index contributed by atoms with van der Waals surface area (Å²) in [4.78, 5) is 26.1. The summed E-state index contributed by atoms with van der Waals surface area (Å²) in [6.45, 7) is 2.74. The van der Waals surface area contributed by atoms with Crippen LogP contribution in [-0.4, -0.2) is 22.6 Å². The van der Waals surface area contributed by atoms with E-state index in [1.807, 2.05) is 24.3 Å². The molecule has 0 radical (unpaired) electrons. The Bertz CT molecular complexity index is 635. The Balaban J connectivity index is 1.49. The molecule has 1 unspecified atom stereocenters. The Hall–Kier alpha value is -1.00. The molecule has 168 valence electrons. The minimum atomic E-state index is -0.116. The van der Waals surface area contributed by atoms with Crippen LogP contribution in [0.2, 0.25) is 5.02 Å².